The summed E-state index contributed by atoms with van der Waals surface area (Å²) in [6.45, 7) is 0.884. The number of para-hydroxylation sites is 1. The fourth-order valence-electron chi connectivity index (χ4n) is 4.04. The normalized spacial score (nSPS) is 17.9. The summed E-state index contributed by atoms with van der Waals surface area (Å²) in [5, 5.41) is 9.11. The van der Waals surface area contributed by atoms with Crippen LogP contribution in [0.25, 0.3) is 11.3 Å². The molecule has 9 nitrogen and oxygen atoms in total. The van der Waals surface area contributed by atoms with E-state index in [9.17, 15) is 14.0 Å². The van der Waals surface area contributed by atoms with E-state index in [1.54, 1.807) is 30.6 Å². The van der Waals surface area contributed by atoms with Gasteiger partial charge in [0.2, 0.25) is 0 Å². The number of hydrogen-bond donors (Lipinski definition) is 4. The number of anilines is 2. The molecule has 1 aromatic carbocycles. The molecule has 2 amide bonds. The van der Waals surface area contributed by atoms with Gasteiger partial charge in [-0.2, -0.15) is 0 Å². The van der Waals surface area contributed by atoms with Crippen molar-refractivity contribution in [3.63, 3.8) is 0 Å². The summed E-state index contributed by atoms with van der Waals surface area (Å²) < 4.78 is 25.4. The fourth-order valence-corrected chi connectivity index (χ4v) is 6.31. The first kappa shape index (κ1) is 22.4. The van der Waals surface area contributed by atoms with Crippen LogP contribution in [0, 0.1) is 5.82 Å². The first-order valence-electron chi connectivity index (χ1n) is 10.7. The number of nitrogens with one attached hydrogen (secondary N) is 4. The molecule has 0 spiro atoms. The molecule has 4 N–H and O–H groups in total. The Labute approximate surface area is 205 Å². The van der Waals surface area contributed by atoms with Gasteiger partial charge >= 0.3 is 205 Å². The average molecular weight is 578 g/mol. The Morgan fingerprint density at radius 2 is 2.18 bits per heavy atom. The number of aromatic nitrogens is 2. The van der Waals surface area contributed by atoms with Crippen molar-refractivity contribution in [2.75, 3.05) is 25.6 Å². The number of hydrogen-bond acceptors (Lipinski definition) is 6. The standard InChI is InChI=1S/C23H22FIN5O4/c1-33-21-13(24)4-2-5-14(21)28-20-18-15-10-17(30-22(18)31)25-23(32)27-7-3-9-34-16-11-26-8-6-12(16)19(20)29-15/h2,4-6,8,11,17,28-29H,3,7,9-10H2,1H3,(H,27,32)(H,30,31)/q-1/t17-/m0/s1. The van der Waals surface area contributed by atoms with E-state index in [2.05, 4.69) is 25.9 Å². The van der Waals surface area contributed by atoms with Crippen LogP contribution >= 0.6 is 0 Å². The van der Waals surface area contributed by atoms with E-state index in [0.717, 1.165) is 0 Å². The molecule has 178 valence electrons. The molecule has 0 saturated heterocycles. The number of aromatic amines is 1. The maximum absolute atomic E-state index is 14.4. The third-order valence-electron chi connectivity index (χ3n) is 5.53. The molecule has 4 heterocycles. The molecule has 0 radical (unpaired) electrons. The number of carbonyl (C=O) groups is 2. The molecule has 0 fully saturated rings. The molecule has 5 rings (SSSR count). The molecule has 0 aliphatic carbocycles. The van der Waals surface area contributed by atoms with E-state index in [4.69, 9.17) is 9.47 Å². The van der Waals surface area contributed by atoms with Gasteiger partial charge in [0.1, 0.15) is 0 Å². The van der Waals surface area contributed by atoms with Crippen LogP contribution in [0.4, 0.5) is 20.6 Å². The number of carbonyl (C=O) groups excluding carboxylic acids is 2. The molecule has 0 saturated carbocycles. The zero-order valence-corrected chi connectivity index (χ0v) is 20.4. The number of pyridine rings is 1. The predicted octanol–water partition coefficient (Wildman–Crippen LogP) is 0.161. The van der Waals surface area contributed by atoms with Crippen LogP contribution in [0.5, 0.6) is 11.5 Å². The van der Waals surface area contributed by atoms with E-state index in [-0.39, 0.29) is 19.6 Å². The molecular weight excluding hydrogens is 556 g/mol. The maximum atomic E-state index is 14.4. The van der Waals surface area contributed by atoms with Crippen molar-refractivity contribution in [3.05, 3.63) is 53.7 Å². The van der Waals surface area contributed by atoms with Crippen molar-refractivity contribution < 1.29 is 44.7 Å². The number of benzene rings is 1. The minimum atomic E-state index is -0.975. The van der Waals surface area contributed by atoms with Crippen LogP contribution in [0.1, 0.15) is 22.5 Å². The second-order valence-corrected chi connectivity index (χ2v) is 10.8. The summed E-state index contributed by atoms with van der Waals surface area (Å²) in [7, 11) is 1.39. The molecule has 3 bridgehead atoms. The molecule has 1 atom stereocenters. The summed E-state index contributed by atoms with van der Waals surface area (Å²) >= 11 is -0.975. The minimum absolute atomic E-state index is 0.0266. The van der Waals surface area contributed by atoms with E-state index in [1.807, 2.05) is 0 Å². The SMILES string of the molecule is COc1c(F)cccc1Nc1c2[nH]c3c1C(=O)N[C@@H](C3)[I-]C(=O)NCCCOc1cnccc1-2. The van der Waals surface area contributed by atoms with Crippen LogP contribution in [0.15, 0.2) is 36.7 Å². The number of nitrogens with zero attached hydrogens (tertiary/aromatic N) is 1. The van der Waals surface area contributed by atoms with Gasteiger partial charge in [0.15, 0.2) is 0 Å². The Bertz CT molecular complexity index is 1260. The molecule has 34 heavy (non-hydrogen) atoms. The van der Waals surface area contributed by atoms with Crippen molar-refractivity contribution in [1.29, 1.82) is 0 Å². The zero-order chi connectivity index (χ0) is 23.7. The van der Waals surface area contributed by atoms with Gasteiger partial charge in [-0.05, 0) is 0 Å². The number of amides is 2. The quantitative estimate of drug-likeness (QED) is 0.152. The van der Waals surface area contributed by atoms with E-state index in [1.165, 1.54) is 13.2 Å². The van der Waals surface area contributed by atoms with Gasteiger partial charge in [-0.3, -0.25) is 0 Å². The van der Waals surface area contributed by atoms with Gasteiger partial charge < -0.3 is 0 Å². The van der Waals surface area contributed by atoms with Crippen molar-refractivity contribution in [3.8, 4) is 22.8 Å². The zero-order valence-electron chi connectivity index (χ0n) is 18.2. The third-order valence-corrected chi connectivity index (χ3v) is 7.98. The Morgan fingerprint density at radius 1 is 1.29 bits per heavy atom. The molecule has 3 aromatic rings. The summed E-state index contributed by atoms with van der Waals surface area (Å²) in [5.41, 5.74) is 3.30. The number of methoxy groups -OCH3 is 1. The number of H-pyrrole nitrogens is 1. The second kappa shape index (κ2) is 9.49. The van der Waals surface area contributed by atoms with Gasteiger partial charge in [-0.25, -0.2) is 0 Å². The van der Waals surface area contributed by atoms with Crippen molar-refractivity contribution in [1.82, 2.24) is 20.6 Å². The predicted molar refractivity (Wildman–Crippen MR) is 119 cm³/mol. The van der Waals surface area contributed by atoms with E-state index < -0.39 is 27.0 Å². The summed E-state index contributed by atoms with van der Waals surface area (Å²) in [4.78, 5) is 33.2. The summed E-state index contributed by atoms with van der Waals surface area (Å²) in [6, 6.07) is 6.35. The number of ether oxygens (including phenoxy) is 2. The summed E-state index contributed by atoms with van der Waals surface area (Å²) in [5.74, 6) is -0.254. The number of rotatable bonds is 3. The molecule has 11 heteroatoms. The number of fused-ring (bicyclic) bond motifs is 4. The summed E-state index contributed by atoms with van der Waals surface area (Å²) in [6.07, 6.45) is 4.37. The van der Waals surface area contributed by atoms with Crippen LogP contribution < -0.4 is 46.6 Å². The number of alkyl halides is 1. The first-order valence-corrected chi connectivity index (χ1v) is 13.0. The third kappa shape index (κ3) is 4.27. The van der Waals surface area contributed by atoms with Gasteiger partial charge in [-0.15, -0.1) is 0 Å². The molecule has 2 aliphatic heterocycles. The monoisotopic (exact) mass is 578 g/mol. The Morgan fingerprint density at radius 3 is 3.03 bits per heavy atom. The van der Waals surface area contributed by atoms with Crippen molar-refractivity contribution in [2.45, 2.75) is 16.9 Å². The van der Waals surface area contributed by atoms with Crippen LogP contribution in [-0.4, -0.2) is 44.1 Å². The number of halogens is 2. The molecular formula is C23H22FIN5O4-. The molecule has 2 aromatic heterocycles. The van der Waals surface area contributed by atoms with Gasteiger partial charge in [0, 0.05) is 0 Å². The van der Waals surface area contributed by atoms with E-state index in [0.29, 0.717) is 65.6 Å². The van der Waals surface area contributed by atoms with Gasteiger partial charge in [0.05, 0.1) is 0 Å². The van der Waals surface area contributed by atoms with Gasteiger partial charge in [-0.1, -0.05) is 0 Å². The van der Waals surface area contributed by atoms with Crippen molar-refractivity contribution in [2.24, 2.45) is 0 Å². The topological polar surface area (TPSA) is 117 Å². The van der Waals surface area contributed by atoms with Crippen LogP contribution in [0.2, 0.25) is 0 Å². The van der Waals surface area contributed by atoms with Gasteiger partial charge in [0.25, 0.3) is 0 Å². The molecule has 0 unspecified atom stereocenters. The Kier molecular flexibility index (Phi) is 6.26. The Hall–Kier alpha value is -3.35. The average Bonchev–Trinajstić information content (AvgIpc) is 3.17. The first-order chi connectivity index (χ1) is 16.5. The fraction of sp³-hybridized carbons (Fsp3) is 0.261. The second-order valence-electron chi connectivity index (χ2n) is 7.70. The van der Waals surface area contributed by atoms with Crippen LogP contribution in [-0.2, 0) is 6.42 Å². The Balaban J connectivity index is 1.68. The van der Waals surface area contributed by atoms with Crippen molar-refractivity contribution >= 4 is 21.2 Å². The van der Waals surface area contributed by atoms with Crippen LogP contribution in [0.3, 0.4) is 0 Å². The molecule has 2 aliphatic rings. The van der Waals surface area contributed by atoms with E-state index >= 15 is 0 Å².